The summed E-state index contributed by atoms with van der Waals surface area (Å²) in [4.78, 5) is 30.6. The summed E-state index contributed by atoms with van der Waals surface area (Å²) in [6.07, 6.45) is 14.1. The first-order chi connectivity index (χ1) is 20.9. The first-order valence-electron chi connectivity index (χ1n) is 14.9. The molecule has 6 rings (SSSR count). The molecule has 2 aromatic heterocycles. The van der Waals surface area contributed by atoms with Gasteiger partial charge < -0.3 is 25.8 Å². The van der Waals surface area contributed by atoms with E-state index in [1.807, 2.05) is 23.2 Å². The number of hydrogen-bond donors (Lipinski definition) is 3. The van der Waals surface area contributed by atoms with Gasteiger partial charge in [0.15, 0.2) is 0 Å². The molecular weight excluding hydrogens is 543 g/mol. The van der Waals surface area contributed by atoms with E-state index in [2.05, 4.69) is 43.5 Å². The monoisotopic (exact) mass is 580 g/mol. The number of nitrogens with one attached hydrogen (secondary N) is 3. The Bertz CT molecular complexity index is 1500. The van der Waals surface area contributed by atoms with Gasteiger partial charge in [-0.1, -0.05) is 18.6 Å². The third-order valence-electron chi connectivity index (χ3n) is 9.22. The maximum atomic E-state index is 13.6. The lowest BCUT2D eigenvalue weighted by molar-refractivity contribution is 0.181. The van der Waals surface area contributed by atoms with Gasteiger partial charge in [0.2, 0.25) is 5.95 Å². The Morgan fingerprint density at radius 3 is 2.58 bits per heavy atom. The van der Waals surface area contributed by atoms with Crippen LogP contribution in [0.2, 0.25) is 0 Å². The van der Waals surface area contributed by atoms with E-state index in [0.29, 0.717) is 38.0 Å². The molecule has 9 nitrogen and oxygen atoms in total. The summed E-state index contributed by atoms with van der Waals surface area (Å²) in [5.74, 6) is 0.717. The minimum atomic E-state index is -0.278. The van der Waals surface area contributed by atoms with Crippen molar-refractivity contribution in [2.24, 2.45) is 11.3 Å². The number of hydrogen-bond acceptors (Lipinski definition) is 7. The lowest BCUT2D eigenvalue weighted by atomic mass is 9.67. The van der Waals surface area contributed by atoms with Crippen molar-refractivity contribution in [3.05, 3.63) is 102 Å². The quantitative estimate of drug-likeness (QED) is 0.293. The van der Waals surface area contributed by atoms with Gasteiger partial charge in [-0.25, -0.2) is 19.2 Å². The van der Waals surface area contributed by atoms with E-state index >= 15 is 0 Å². The van der Waals surface area contributed by atoms with E-state index in [0.717, 1.165) is 48.2 Å². The van der Waals surface area contributed by atoms with Gasteiger partial charge in [-0.2, -0.15) is 0 Å². The number of nitrogens with zero attached hydrogens (tertiary/aromatic N) is 5. The van der Waals surface area contributed by atoms with E-state index in [9.17, 15) is 9.18 Å². The van der Waals surface area contributed by atoms with Crippen LogP contribution >= 0.6 is 0 Å². The number of amides is 2. The van der Waals surface area contributed by atoms with Gasteiger partial charge in [-0.05, 0) is 90.6 Å². The average molecular weight is 581 g/mol. The second-order valence-corrected chi connectivity index (χ2v) is 11.8. The number of anilines is 2. The maximum Gasteiger partial charge on any atom is 0.318 e. The number of rotatable bonds is 8. The molecular formula is C33H37FN8O. The molecule has 1 unspecified atom stereocenters. The van der Waals surface area contributed by atoms with Crippen LogP contribution in [0.1, 0.15) is 44.2 Å². The van der Waals surface area contributed by atoms with E-state index in [1.165, 1.54) is 23.9 Å². The van der Waals surface area contributed by atoms with Crippen LogP contribution in [-0.4, -0.2) is 58.3 Å². The van der Waals surface area contributed by atoms with Crippen molar-refractivity contribution in [2.45, 2.75) is 38.6 Å². The first-order valence-corrected chi connectivity index (χ1v) is 14.9. The SMILES string of the molecule is C[C@]12CC(C=N)=C(Nc3ccc(F)cc3)C=C1CC[C@@H]2CC(NC(=O)N1CCN(c2ncccn2)CC1)c1cccnc1. The van der Waals surface area contributed by atoms with Crippen molar-refractivity contribution in [1.82, 2.24) is 25.2 Å². The van der Waals surface area contributed by atoms with Crippen LogP contribution in [0.3, 0.4) is 0 Å². The summed E-state index contributed by atoms with van der Waals surface area (Å²) < 4.78 is 13.4. The van der Waals surface area contributed by atoms with Crippen molar-refractivity contribution in [2.75, 3.05) is 36.4 Å². The number of aromatic nitrogens is 3. The molecule has 3 aliphatic rings. The second kappa shape index (κ2) is 12.3. The molecule has 0 radical (unpaired) electrons. The van der Waals surface area contributed by atoms with Gasteiger partial charge in [-0.3, -0.25) is 4.98 Å². The number of fused-ring (bicyclic) bond motifs is 1. The number of halogens is 1. The second-order valence-electron chi connectivity index (χ2n) is 11.8. The van der Waals surface area contributed by atoms with Crippen LogP contribution in [0.5, 0.6) is 0 Å². The number of benzene rings is 1. The van der Waals surface area contributed by atoms with Crippen molar-refractivity contribution in [1.29, 1.82) is 5.41 Å². The van der Waals surface area contributed by atoms with Crippen molar-refractivity contribution < 1.29 is 9.18 Å². The Kier molecular flexibility index (Phi) is 8.18. The predicted octanol–water partition coefficient (Wildman–Crippen LogP) is 5.74. The molecule has 2 fully saturated rings. The number of carbonyl (C=O) groups excluding carboxylic acids is 1. The maximum absolute atomic E-state index is 13.6. The molecule has 2 aliphatic carbocycles. The highest BCUT2D eigenvalue weighted by molar-refractivity contribution is 5.81. The molecule has 0 spiro atoms. The number of urea groups is 1. The lowest BCUT2D eigenvalue weighted by Gasteiger charge is -2.39. The normalized spacial score (nSPS) is 22.5. The van der Waals surface area contributed by atoms with E-state index in [-0.39, 0.29) is 23.3 Å². The topological polar surface area (TPSA) is 110 Å². The highest BCUT2D eigenvalue weighted by Gasteiger charge is 2.46. The molecule has 2 amide bonds. The van der Waals surface area contributed by atoms with Crippen molar-refractivity contribution in [3.8, 4) is 0 Å². The number of piperazine rings is 1. The molecule has 3 atom stereocenters. The zero-order valence-corrected chi connectivity index (χ0v) is 24.3. The standard InChI is InChI=1S/C33H37FN8O/c1-33-20-24(21-35)30(39-28-9-7-27(34)8-10-28)19-26(33)6-5-25(33)18-29(23-4-2-11-36-22-23)40-32(43)42-16-14-41(15-17-42)31-37-12-3-13-38-31/h2-4,7-13,19,21-22,25,29,35,39H,5-6,14-18,20H2,1H3,(H,40,43)/t25-,29?,33-/m1/s1. The highest BCUT2D eigenvalue weighted by Crippen LogP contribution is 2.56. The zero-order chi connectivity index (χ0) is 29.8. The minimum absolute atomic E-state index is 0.0732. The Morgan fingerprint density at radius 2 is 1.88 bits per heavy atom. The number of carbonyl (C=O) groups is 1. The third-order valence-corrected chi connectivity index (χ3v) is 9.22. The largest absolute Gasteiger partial charge is 0.355 e. The summed E-state index contributed by atoms with van der Waals surface area (Å²) in [5.41, 5.74) is 4.82. The Hall–Kier alpha value is -4.60. The lowest BCUT2D eigenvalue weighted by Crippen LogP contribution is -2.52. The van der Waals surface area contributed by atoms with Gasteiger partial charge >= 0.3 is 6.03 Å². The average Bonchev–Trinajstić information content (AvgIpc) is 3.36. The Morgan fingerprint density at radius 1 is 1.12 bits per heavy atom. The van der Waals surface area contributed by atoms with Crippen LogP contribution in [-0.2, 0) is 0 Å². The van der Waals surface area contributed by atoms with Gasteiger partial charge in [-0.15, -0.1) is 0 Å². The van der Waals surface area contributed by atoms with Gasteiger partial charge in [0.25, 0.3) is 0 Å². The molecule has 1 saturated heterocycles. The van der Waals surface area contributed by atoms with Crippen LogP contribution in [0.15, 0.2) is 90.2 Å². The van der Waals surface area contributed by atoms with Crippen LogP contribution in [0, 0.1) is 22.6 Å². The van der Waals surface area contributed by atoms with E-state index in [4.69, 9.17) is 5.41 Å². The summed E-state index contributed by atoms with van der Waals surface area (Å²) in [7, 11) is 0. The fourth-order valence-electron chi connectivity index (χ4n) is 6.71. The molecule has 0 bridgehead atoms. The third kappa shape index (κ3) is 6.14. The van der Waals surface area contributed by atoms with Crippen LogP contribution < -0.4 is 15.5 Å². The van der Waals surface area contributed by atoms with E-state index < -0.39 is 0 Å². The highest BCUT2D eigenvalue weighted by atomic mass is 19.1. The van der Waals surface area contributed by atoms with E-state index in [1.54, 1.807) is 36.8 Å². The Balaban J connectivity index is 1.16. The summed E-state index contributed by atoms with van der Waals surface area (Å²) in [6.45, 7) is 4.83. The van der Waals surface area contributed by atoms with Crippen LogP contribution in [0.4, 0.5) is 20.8 Å². The fraction of sp³-hybridized carbons (Fsp3) is 0.364. The fourth-order valence-corrected chi connectivity index (χ4v) is 6.71. The smallest absolute Gasteiger partial charge is 0.318 e. The molecule has 3 heterocycles. The molecule has 1 aromatic carbocycles. The minimum Gasteiger partial charge on any atom is -0.355 e. The number of allylic oxidation sites excluding steroid dienone is 3. The van der Waals surface area contributed by atoms with Gasteiger partial charge in [0.05, 0.1) is 6.04 Å². The predicted molar refractivity (Wildman–Crippen MR) is 165 cm³/mol. The number of pyridine rings is 1. The van der Waals surface area contributed by atoms with Gasteiger partial charge in [0, 0.05) is 68.6 Å². The molecule has 1 aliphatic heterocycles. The first kappa shape index (κ1) is 28.5. The molecule has 1 saturated carbocycles. The summed E-state index contributed by atoms with van der Waals surface area (Å²) in [5, 5.41) is 14.9. The molecule has 3 N–H and O–H groups in total. The molecule has 222 valence electrons. The summed E-state index contributed by atoms with van der Waals surface area (Å²) >= 11 is 0. The molecule has 10 heteroatoms. The summed E-state index contributed by atoms with van der Waals surface area (Å²) in [6, 6.07) is 11.8. The Labute approximate surface area is 251 Å². The van der Waals surface area contributed by atoms with Crippen molar-refractivity contribution in [3.63, 3.8) is 0 Å². The van der Waals surface area contributed by atoms with Gasteiger partial charge in [0.1, 0.15) is 5.82 Å². The molecule has 43 heavy (non-hydrogen) atoms. The van der Waals surface area contributed by atoms with Crippen molar-refractivity contribution >= 4 is 23.9 Å². The zero-order valence-electron chi connectivity index (χ0n) is 24.3. The van der Waals surface area contributed by atoms with Crippen LogP contribution in [0.25, 0.3) is 0 Å². The molecule has 3 aromatic rings.